The third-order valence-corrected chi connectivity index (χ3v) is 3.72. The van der Waals surface area contributed by atoms with Crippen LogP contribution in [0.2, 0.25) is 0 Å². The monoisotopic (exact) mass is 247 g/mol. The number of benzene rings is 1. The standard InChI is InChI=1S/C16H25NO/c1-11(2)7-16-15-9-14(18-4)6-5-13(15)8-12(3)10-17-16/h5-6,9,11-12,16-17H,7-8,10H2,1-4H3. The van der Waals surface area contributed by atoms with Crippen LogP contribution < -0.4 is 10.1 Å². The summed E-state index contributed by atoms with van der Waals surface area (Å²) < 4.78 is 5.37. The van der Waals surface area contributed by atoms with Gasteiger partial charge in [-0.1, -0.05) is 26.8 Å². The minimum atomic E-state index is 0.472. The summed E-state index contributed by atoms with van der Waals surface area (Å²) in [5.41, 5.74) is 2.92. The summed E-state index contributed by atoms with van der Waals surface area (Å²) in [6, 6.07) is 7.02. The van der Waals surface area contributed by atoms with Crippen molar-refractivity contribution >= 4 is 0 Å². The third-order valence-electron chi connectivity index (χ3n) is 3.72. The van der Waals surface area contributed by atoms with E-state index in [1.165, 1.54) is 24.0 Å². The van der Waals surface area contributed by atoms with E-state index in [-0.39, 0.29) is 0 Å². The largest absolute Gasteiger partial charge is 0.497 e. The van der Waals surface area contributed by atoms with Crippen molar-refractivity contribution in [1.82, 2.24) is 5.32 Å². The molecule has 0 saturated carbocycles. The molecule has 0 fully saturated rings. The molecule has 0 spiro atoms. The average Bonchev–Trinajstić information content (AvgIpc) is 2.48. The molecule has 0 amide bonds. The number of nitrogens with one attached hydrogen (secondary N) is 1. The fourth-order valence-corrected chi connectivity index (χ4v) is 2.79. The third kappa shape index (κ3) is 3.05. The molecule has 1 aromatic rings. The summed E-state index contributed by atoms with van der Waals surface area (Å²) in [7, 11) is 1.74. The molecule has 1 aromatic carbocycles. The highest BCUT2D eigenvalue weighted by Gasteiger charge is 2.22. The fraction of sp³-hybridized carbons (Fsp3) is 0.625. The van der Waals surface area contributed by atoms with Crippen LogP contribution in [0.25, 0.3) is 0 Å². The van der Waals surface area contributed by atoms with Crippen molar-refractivity contribution in [3.05, 3.63) is 29.3 Å². The van der Waals surface area contributed by atoms with E-state index in [2.05, 4.69) is 44.3 Å². The zero-order valence-electron chi connectivity index (χ0n) is 12.0. The van der Waals surface area contributed by atoms with Crippen LogP contribution in [0.5, 0.6) is 5.75 Å². The molecule has 1 aliphatic heterocycles. The molecule has 2 atom stereocenters. The molecule has 2 heteroatoms. The Kier molecular flexibility index (Phi) is 4.28. The topological polar surface area (TPSA) is 21.3 Å². The first-order chi connectivity index (χ1) is 8.60. The maximum absolute atomic E-state index is 5.37. The van der Waals surface area contributed by atoms with Gasteiger partial charge in [0.05, 0.1) is 7.11 Å². The summed E-state index contributed by atoms with van der Waals surface area (Å²) in [5, 5.41) is 3.71. The molecule has 0 saturated heterocycles. The van der Waals surface area contributed by atoms with Crippen LogP contribution in [0.3, 0.4) is 0 Å². The molecule has 18 heavy (non-hydrogen) atoms. The molecule has 1 heterocycles. The highest BCUT2D eigenvalue weighted by Crippen LogP contribution is 2.31. The maximum Gasteiger partial charge on any atom is 0.119 e. The molecule has 0 aromatic heterocycles. The van der Waals surface area contributed by atoms with Gasteiger partial charge in [0.1, 0.15) is 5.75 Å². The van der Waals surface area contributed by atoms with Crippen molar-refractivity contribution < 1.29 is 4.74 Å². The van der Waals surface area contributed by atoms with Crippen LogP contribution in [0.1, 0.15) is 44.4 Å². The smallest absolute Gasteiger partial charge is 0.119 e. The molecular formula is C16H25NO. The van der Waals surface area contributed by atoms with Gasteiger partial charge in [-0.15, -0.1) is 0 Å². The second kappa shape index (κ2) is 5.75. The lowest BCUT2D eigenvalue weighted by Crippen LogP contribution is -2.25. The quantitative estimate of drug-likeness (QED) is 0.881. The van der Waals surface area contributed by atoms with Gasteiger partial charge in [-0.2, -0.15) is 0 Å². The van der Waals surface area contributed by atoms with Crippen molar-refractivity contribution in [2.45, 2.75) is 39.7 Å². The van der Waals surface area contributed by atoms with E-state index < -0.39 is 0 Å². The number of rotatable bonds is 3. The summed E-state index contributed by atoms with van der Waals surface area (Å²) in [6.07, 6.45) is 2.35. The Hall–Kier alpha value is -1.02. The summed E-state index contributed by atoms with van der Waals surface area (Å²) in [4.78, 5) is 0. The fourth-order valence-electron chi connectivity index (χ4n) is 2.79. The predicted molar refractivity (Wildman–Crippen MR) is 76.1 cm³/mol. The predicted octanol–water partition coefficient (Wildman–Crippen LogP) is 3.56. The molecule has 2 unspecified atom stereocenters. The van der Waals surface area contributed by atoms with Crippen molar-refractivity contribution in [1.29, 1.82) is 0 Å². The van der Waals surface area contributed by atoms with Gasteiger partial charge >= 0.3 is 0 Å². The molecule has 1 N–H and O–H groups in total. The lowest BCUT2D eigenvalue weighted by molar-refractivity contribution is 0.403. The number of hydrogen-bond donors (Lipinski definition) is 1. The lowest BCUT2D eigenvalue weighted by Gasteiger charge is -2.21. The molecule has 2 rings (SSSR count). The van der Waals surface area contributed by atoms with E-state index >= 15 is 0 Å². The molecule has 2 nitrogen and oxygen atoms in total. The van der Waals surface area contributed by atoms with E-state index in [9.17, 15) is 0 Å². The van der Waals surface area contributed by atoms with Crippen LogP contribution in [-0.2, 0) is 6.42 Å². The number of methoxy groups -OCH3 is 1. The summed E-state index contributed by atoms with van der Waals surface area (Å²) in [5.74, 6) is 2.38. The summed E-state index contributed by atoms with van der Waals surface area (Å²) in [6.45, 7) is 8.00. The molecule has 0 aliphatic carbocycles. The summed E-state index contributed by atoms with van der Waals surface area (Å²) >= 11 is 0. The van der Waals surface area contributed by atoms with Crippen molar-refractivity contribution in [2.75, 3.05) is 13.7 Å². The minimum absolute atomic E-state index is 0.472. The van der Waals surface area contributed by atoms with Crippen LogP contribution >= 0.6 is 0 Å². The Morgan fingerprint density at radius 2 is 2.17 bits per heavy atom. The first-order valence-electron chi connectivity index (χ1n) is 7.00. The Bertz CT molecular complexity index is 400. The molecule has 1 aliphatic rings. The second-order valence-corrected chi connectivity index (χ2v) is 5.96. The molecular weight excluding hydrogens is 222 g/mol. The van der Waals surface area contributed by atoms with Crippen molar-refractivity contribution in [3.63, 3.8) is 0 Å². The number of hydrogen-bond acceptors (Lipinski definition) is 2. The Morgan fingerprint density at radius 1 is 1.39 bits per heavy atom. The Labute approximate surface area is 111 Å². The highest BCUT2D eigenvalue weighted by molar-refractivity contribution is 5.38. The van der Waals surface area contributed by atoms with Gasteiger partial charge in [0, 0.05) is 6.04 Å². The first-order valence-corrected chi connectivity index (χ1v) is 7.00. The second-order valence-electron chi connectivity index (χ2n) is 5.96. The van der Waals surface area contributed by atoms with E-state index in [1.54, 1.807) is 7.11 Å². The Morgan fingerprint density at radius 3 is 2.83 bits per heavy atom. The lowest BCUT2D eigenvalue weighted by atomic mass is 9.92. The minimum Gasteiger partial charge on any atom is -0.497 e. The highest BCUT2D eigenvalue weighted by atomic mass is 16.5. The van der Waals surface area contributed by atoms with Gasteiger partial charge in [-0.25, -0.2) is 0 Å². The van der Waals surface area contributed by atoms with Crippen LogP contribution in [0.4, 0.5) is 0 Å². The maximum atomic E-state index is 5.37. The van der Waals surface area contributed by atoms with Crippen molar-refractivity contribution in [3.8, 4) is 5.75 Å². The molecule has 0 bridgehead atoms. The van der Waals surface area contributed by atoms with Gasteiger partial charge in [0.25, 0.3) is 0 Å². The zero-order chi connectivity index (χ0) is 13.1. The first kappa shape index (κ1) is 13.4. The molecule has 100 valence electrons. The SMILES string of the molecule is COc1ccc2c(c1)C(CC(C)C)NCC(C)C2. The van der Waals surface area contributed by atoms with Crippen LogP contribution in [0.15, 0.2) is 18.2 Å². The van der Waals surface area contributed by atoms with E-state index in [0.29, 0.717) is 17.9 Å². The molecule has 0 radical (unpaired) electrons. The van der Waals surface area contributed by atoms with E-state index in [4.69, 9.17) is 4.74 Å². The van der Waals surface area contributed by atoms with Gasteiger partial charge in [-0.3, -0.25) is 0 Å². The van der Waals surface area contributed by atoms with E-state index in [0.717, 1.165) is 12.3 Å². The normalized spacial score (nSPS) is 23.6. The van der Waals surface area contributed by atoms with Crippen molar-refractivity contribution in [2.24, 2.45) is 11.8 Å². The average molecular weight is 247 g/mol. The zero-order valence-corrected chi connectivity index (χ0v) is 12.0. The number of ether oxygens (including phenoxy) is 1. The van der Waals surface area contributed by atoms with Gasteiger partial charge in [0.2, 0.25) is 0 Å². The Balaban J connectivity index is 2.34. The van der Waals surface area contributed by atoms with E-state index in [1.807, 2.05) is 0 Å². The van der Waals surface area contributed by atoms with Gasteiger partial charge < -0.3 is 10.1 Å². The number of fused-ring (bicyclic) bond motifs is 1. The van der Waals surface area contributed by atoms with Gasteiger partial charge in [0.15, 0.2) is 0 Å². The van der Waals surface area contributed by atoms with Crippen LogP contribution in [0, 0.1) is 11.8 Å². The van der Waals surface area contributed by atoms with Crippen LogP contribution in [-0.4, -0.2) is 13.7 Å². The van der Waals surface area contributed by atoms with Gasteiger partial charge in [-0.05, 0) is 54.5 Å².